The third-order valence-corrected chi connectivity index (χ3v) is 10.6. The van der Waals surface area contributed by atoms with Crippen LogP contribution in [0.4, 0.5) is 0 Å². The van der Waals surface area contributed by atoms with Gasteiger partial charge in [0.05, 0.1) is 22.1 Å². The molecule has 0 radical (unpaired) electrons. The molecule has 0 aliphatic heterocycles. The van der Waals surface area contributed by atoms with Gasteiger partial charge in [0.1, 0.15) is 0 Å². The minimum Gasteiger partial charge on any atom is -0.309 e. The van der Waals surface area contributed by atoms with Gasteiger partial charge in [-0.3, -0.25) is 0 Å². The molecule has 0 saturated heterocycles. The summed E-state index contributed by atoms with van der Waals surface area (Å²) in [5, 5.41) is 12.6. The Morgan fingerprint density at radius 2 is 0.940 bits per heavy atom. The van der Waals surface area contributed by atoms with Crippen molar-refractivity contribution in [3.63, 3.8) is 0 Å². The first-order valence-electron chi connectivity index (χ1n) is 17.3. The van der Waals surface area contributed by atoms with Crippen molar-refractivity contribution in [1.82, 2.24) is 9.13 Å². The minimum atomic E-state index is 1.17. The highest BCUT2D eigenvalue weighted by molar-refractivity contribution is 6.28. The molecule has 2 heteroatoms. The number of para-hydroxylation sites is 2. The molecule has 2 aromatic heterocycles. The Morgan fingerprint density at radius 3 is 1.80 bits per heavy atom. The summed E-state index contributed by atoms with van der Waals surface area (Å²) in [5.74, 6) is 0. The number of fused-ring (bicyclic) bond motifs is 11. The SMILES string of the molecule is c1ccc(-n2c3ccccc3c3cc(-c4cc5c6c7ccccc7ccc6n(-c6ccc7ccccc7c6)c5c5ccccc45)ccc32)cc1. The minimum absolute atomic E-state index is 1.17. The van der Waals surface area contributed by atoms with Crippen molar-refractivity contribution in [3.8, 4) is 22.5 Å². The van der Waals surface area contributed by atoms with E-state index < -0.39 is 0 Å². The lowest BCUT2D eigenvalue weighted by atomic mass is 9.93. The van der Waals surface area contributed by atoms with Crippen molar-refractivity contribution in [2.45, 2.75) is 0 Å². The number of hydrogen-bond acceptors (Lipinski definition) is 0. The molecule has 11 rings (SSSR count). The third kappa shape index (κ3) is 3.85. The van der Waals surface area contributed by atoms with Crippen LogP contribution in [0.25, 0.3) is 98.4 Å². The average Bonchev–Trinajstić information content (AvgIpc) is 3.71. The normalized spacial score (nSPS) is 12.0. The molecule has 0 aliphatic carbocycles. The fourth-order valence-corrected chi connectivity index (χ4v) is 8.46. The first-order chi connectivity index (χ1) is 24.8. The zero-order valence-electron chi connectivity index (χ0n) is 27.2. The summed E-state index contributed by atoms with van der Waals surface area (Å²) in [6.07, 6.45) is 0. The average molecular weight is 635 g/mol. The Labute approximate surface area is 288 Å². The third-order valence-electron chi connectivity index (χ3n) is 10.6. The second-order valence-corrected chi connectivity index (χ2v) is 13.3. The van der Waals surface area contributed by atoms with Gasteiger partial charge in [-0.25, -0.2) is 0 Å². The number of nitrogens with zero attached hydrogens (tertiary/aromatic N) is 2. The molecule has 9 aromatic carbocycles. The van der Waals surface area contributed by atoms with E-state index in [1.54, 1.807) is 0 Å². The Hall–Kier alpha value is -6.64. The summed E-state index contributed by atoms with van der Waals surface area (Å²) < 4.78 is 4.88. The fraction of sp³-hybridized carbons (Fsp3) is 0. The second-order valence-electron chi connectivity index (χ2n) is 13.3. The van der Waals surface area contributed by atoms with Gasteiger partial charge in [-0.15, -0.1) is 0 Å². The van der Waals surface area contributed by atoms with Gasteiger partial charge < -0.3 is 9.13 Å². The van der Waals surface area contributed by atoms with Crippen LogP contribution in [0.5, 0.6) is 0 Å². The molecule has 0 unspecified atom stereocenters. The lowest BCUT2D eigenvalue weighted by molar-refractivity contribution is 1.18. The summed E-state index contributed by atoms with van der Waals surface area (Å²) in [6.45, 7) is 0. The van der Waals surface area contributed by atoms with Crippen molar-refractivity contribution < 1.29 is 0 Å². The van der Waals surface area contributed by atoms with Crippen LogP contribution in [0.15, 0.2) is 182 Å². The van der Waals surface area contributed by atoms with Crippen molar-refractivity contribution in [2.75, 3.05) is 0 Å². The molecule has 11 aromatic rings. The van der Waals surface area contributed by atoms with Crippen LogP contribution in [0.3, 0.4) is 0 Å². The smallest absolute Gasteiger partial charge is 0.0620 e. The quantitative estimate of drug-likeness (QED) is 0.183. The zero-order valence-corrected chi connectivity index (χ0v) is 27.2. The van der Waals surface area contributed by atoms with Gasteiger partial charge in [-0.2, -0.15) is 0 Å². The maximum atomic E-state index is 2.49. The summed E-state index contributed by atoms with van der Waals surface area (Å²) in [6, 6.07) is 66.8. The summed E-state index contributed by atoms with van der Waals surface area (Å²) in [5.41, 5.74) is 9.71. The summed E-state index contributed by atoms with van der Waals surface area (Å²) in [4.78, 5) is 0. The zero-order chi connectivity index (χ0) is 32.8. The van der Waals surface area contributed by atoms with E-state index in [9.17, 15) is 0 Å². The standard InChI is InChI=1S/C48H30N2/c1-2-15-35(16-3-1)49-44-21-11-10-19-39(44)42-29-34(24-26-45(42)49)41-30-43-47-37-17-7-6-13-32(37)23-27-46(47)50(48(43)40-20-9-8-18-38(40)41)36-25-22-31-12-4-5-14-33(31)28-36/h1-30H. The topological polar surface area (TPSA) is 9.86 Å². The molecule has 50 heavy (non-hydrogen) atoms. The van der Waals surface area contributed by atoms with Crippen molar-refractivity contribution in [3.05, 3.63) is 182 Å². The highest BCUT2D eigenvalue weighted by Gasteiger charge is 2.21. The molecule has 0 bridgehead atoms. The van der Waals surface area contributed by atoms with Gasteiger partial charge in [0, 0.05) is 38.3 Å². The van der Waals surface area contributed by atoms with Crippen molar-refractivity contribution in [2.24, 2.45) is 0 Å². The lowest BCUT2D eigenvalue weighted by Gasteiger charge is -2.14. The Bertz CT molecular complexity index is 3140. The monoisotopic (exact) mass is 634 g/mol. The molecule has 0 saturated carbocycles. The maximum absolute atomic E-state index is 2.49. The first-order valence-corrected chi connectivity index (χ1v) is 17.3. The van der Waals surface area contributed by atoms with Crippen LogP contribution >= 0.6 is 0 Å². The molecular formula is C48H30N2. The molecule has 0 amide bonds. The van der Waals surface area contributed by atoms with Gasteiger partial charge >= 0.3 is 0 Å². The van der Waals surface area contributed by atoms with Gasteiger partial charge in [0.2, 0.25) is 0 Å². The van der Waals surface area contributed by atoms with Crippen LogP contribution in [0, 0.1) is 0 Å². The van der Waals surface area contributed by atoms with Gasteiger partial charge in [-0.05, 0) is 92.7 Å². The largest absolute Gasteiger partial charge is 0.309 e. The second kappa shape index (κ2) is 10.4. The Morgan fingerprint density at radius 1 is 0.300 bits per heavy atom. The van der Waals surface area contributed by atoms with Crippen LogP contribution < -0.4 is 0 Å². The van der Waals surface area contributed by atoms with E-state index in [0.29, 0.717) is 0 Å². The predicted octanol–water partition coefficient (Wildman–Crippen LogP) is 13.0. The van der Waals surface area contributed by atoms with E-state index in [2.05, 4.69) is 191 Å². The van der Waals surface area contributed by atoms with Crippen LogP contribution in [0.1, 0.15) is 0 Å². The lowest BCUT2D eigenvalue weighted by Crippen LogP contribution is -1.95. The van der Waals surface area contributed by atoms with Gasteiger partial charge in [0.25, 0.3) is 0 Å². The molecule has 0 atom stereocenters. The van der Waals surface area contributed by atoms with E-state index in [-0.39, 0.29) is 0 Å². The predicted molar refractivity (Wildman–Crippen MR) is 213 cm³/mol. The van der Waals surface area contributed by atoms with E-state index in [1.807, 2.05) is 0 Å². The van der Waals surface area contributed by atoms with E-state index in [0.717, 1.165) is 0 Å². The number of hydrogen-bond donors (Lipinski definition) is 0. The fourth-order valence-electron chi connectivity index (χ4n) is 8.46. The van der Waals surface area contributed by atoms with Crippen molar-refractivity contribution >= 4 is 75.9 Å². The van der Waals surface area contributed by atoms with E-state index >= 15 is 0 Å². The molecule has 232 valence electrons. The Kier molecular flexibility index (Phi) is 5.70. The van der Waals surface area contributed by atoms with Crippen LogP contribution in [-0.2, 0) is 0 Å². The number of benzene rings is 9. The van der Waals surface area contributed by atoms with Gasteiger partial charge in [-0.1, -0.05) is 127 Å². The highest BCUT2D eigenvalue weighted by Crippen LogP contribution is 2.45. The molecular weight excluding hydrogens is 605 g/mol. The number of rotatable bonds is 3. The number of aromatic nitrogens is 2. The molecule has 2 nitrogen and oxygen atoms in total. The highest BCUT2D eigenvalue weighted by atomic mass is 15.0. The molecule has 0 spiro atoms. The molecule has 2 heterocycles. The molecule has 0 N–H and O–H groups in total. The Balaban J connectivity index is 1.26. The van der Waals surface area contributed by atoms with E-state index in [1.165, 1.54) is 98.4 Å². The van der Waals surface area contributed by atoms with Crippen LogP contribution in [-0.4, -0.2) is 9.13 Å². The molecule has 0 aliphatic rings. The summed E-state index contributed by atoms with van der Waals surface area (Å²) >= 11 is 0. The first kappa shape index (κ1) is 27.3. The van der Waals surface area contributed by atoms with E-state index in [4.69, 9.17) is 0 Å². The molecule has 0 fully saturated rings. The van der Waals surface area contributed by atoms with Crippen molar-refractivity contribution in [1.29, 1.82) is 0 Å². The maximum Gasteiger partial charge on any atom is 0.0620 e. The summed E-state index contributed by atoms with van der Waals surface area (Å²) in [7, 11) is 0. The van der Waals surface area contributed by atoms with Crippen LogP contribution in [0.2, 0.25) is 0 Å². The van der Waals surface area contributed by atoms with Gasteiger partial charge in [0.15, 0.2) is 0 Å².